The summed E-state index contributed by atoms with van der Waals surface area (Å²) in [7, 11) is 0. The van der Waals surface area contributed by atoms with Gasteiger partial charge in [-0.3, -0.25) is 4.90 Å². The fourth-order valence-corrected chi connectivity index (χ4v) is 5.10. The van der Waals surface area contributed by atoms with E-state index >= 15 is 0 Å². The van der Waals surface area contributed by atoms with Crippen molar-refractivity contribution in [3.63, 3.8) is 0 Å². The van der Waals surface area contributed by atoms with Crippen molar-refractivity contribution in [1.82, 2.24) is 25.5 Å². The van der Waals surface area contributed by atoms with Gasteiger partial charge in [-0.25, -0.2) is 14.8 Å². The van der Waals surface area contributed by atoms with Crippen LogP contribution in [-0.4, -0.2) is 71.4 Å². The molecule has 40 heavy (non-hydrogen) atoms. The van der Waals surface area contributed by atoms with E-state index in [9.17, 15) is 9.90 Å². The van der Waals surface area contributed by atoms with Crippen LogP contribution in [-0.2, 0) is 22.6 Å². The minimum absolute atomic E-state index is 0.0140. The predicted molar refractivity (Wildman–Crippen MR) is 151 cm³/mol. The molecule has 2 aliphatic heterocycles. The number of aliphatic hydroxyl groups excluding tert-OH is 1. The van der Waals surface area contributed by atoms with Gasteiger partial charge >= 0.3 is 6.03 Å². The standard InChI is InChI=1S/C30H38N6O4/c1-2-31-30(38)34-19-22-4-10-25(11-5-22)28-39-26(18-27(40-28)24-8-6-23(21-37)7-9-24)20-35-14-16-36(17-15-35)29-32-12-3-13-33-29/h3-13,26-28,37H,2,14-21H2,1H3,(H2,31,34,38)/t26-,27+,28+/m0/s1. The van der Waals surface area contributed by atoms with Crippen molar-refractivity contribution in [2.24, 2.45) is 0 Å². The molecule has 5 rings (SSSR count). The number of hydrogen-bond donors (Lipinski definition) is 3. The van der Waals surface area contributed by atoms with Crippen LogP contribution in [0.3, 0.4) is 0 Å². The van der Waals surface area contributed by atoms with Crippen LogP contribution in [0.2, 0.25) is 0 Å². The molecule has 3 aromatic rings. The van der Waals surface area contributed by atoms with E-state index in [-0.39, 0.29) is 24.8 Å². The van der Waals surface area contributed by atoms with E-state index in [1.807, 2.05) is 61.5 Å². The number of hydrogen-bond acceptors (Lipinski definition) is 8. The molecule has 3 N–H and O–H groups in total. The summed E-state index contributed by atoms with van der Waals surface area (Å²) < 4.78 is 13.0. The van der Waals surface area contributed by atoms with Gasteiger partial charge in [0.05, 0.1) is 18.8 Å². The zero-order valence-electron chi connectivity index (χ0n) is 22.9. The Labute approximate surface area is 235 Å². The van der Waals surface area contributed by atoms with Gasteiger partial charge < -0.3 is 30.1 Å². The minimum atomic E-state index is -0.509. The second kappa shape index (κ2) is 13.7. The zero-order chi connectivity index (χ0) is 27.7. The monoisotopic (exact) mass is 546 g/mol. The lowest BCUT2D eigenvalue weighted by molar-refractivity contribution is -0.253. The molecule has 3 heterocycles. The third kappa shape index (κ3) is 7.33. The average molecular weight is 547 g/mol. The Morgan fingerprint density at radius 2 is 1.60 bits per heavy atom. The Bertz CT molecular complexity index is 1200. The van der Waals surface area contributed by atoms with Crippen molar-refractivity contribution in [3.05, 3.63) is 89.2 Å². The number of amides is 2. The molecule has 0 aliphatic carbocycles. The number of ether oxygens (including phenoxy) is 2. The first-order chi connectivity index (χ1) is 19.6. The summed E-state index contributed by atoms with van der Waals surface area (Å²) >= 11 is 0. The summed E-state index contributed by atoms with van der Waals surface area (Å²) in [5.41, 5.74) is 3.89. The van der Waals surface area contributed by atoms with Gasteiger partial charge in [-0.15, -0.1) is 0 Å². The lowest BCUT2D eigenvalue weighted by atomic mass is 9.99. The molecule has 0 radical (unpaired) electrons. The third-order valence-corrected chi connectivity index (χ3v) is 7.33. The Balaban J connectivity index is 1.25. The maximum absolute atomic E-state index is 11.7. The normalized spacial score (nSPS) is 21.6. The molecule has 10 nitrogen and oxygen atoms in total. The molecule has 2 amide bonds. The van der Waals surface area contributed by atoms with Gasteiger partial charge in [-0.2, -0.15) is 0 Å². The SMILES string of the molecule is CCNC(=O)NCc1ccc([C@@H]2O[C@H](CN3CCN(c4ncccn4)CC3)C[C@H](c3ccc(CO)cc3)O2)cc1. The number of benzene rings is 2. The van der Waals surface area contributed by atoms with Gasteiger partial charge in [-0.1, -0.05) is 48.5 Å². The Hall–Kier alpha value is -3.57. The van der Waals surface area contributed by atoms with Crippen LogP contribution in [0.4, 0.5) is 10.7 Å². The molecule has 10 heteroatoms. The predicted octanol–water partition coefficient (Wildman–Crippen LogP) is 3.16. The van der Waals surface area contributed by atoms with Crippen LogP contribution >= 0.6 is 0 Å². The highest BCUT2D eigenvalue weighted by Gasteiger charge is 2.34. The van der Waals surface area contributed by atoms with Gasteiger partial charge in [0.1, 0.15) is 0 Å². The molecule has 212 valence electrons. The van der Waals surface area contributed by atoms with E-state index < -0.39 is 6.29 Å². The number of aliphatic hydroxyl groups is 1. The highest BCUT2D eigenvalue weighted by molar-refractivity contribution is 5.73. The molecule has 1 aromatic heterocycles. The average Bonchev–Trinajstić information content (AvgIpc) is 3.01. The summed E-state index contributed by atoms with van der Waals surface area (Å²) in [6.07, 6.45) is 3.65. The molecular formula is C30H38N6O4. The summed E-state index contributed by atoms with van der Waals surface area (Å²) in [6, 6.07) is 17.6. The van der Waals surface area contributed by atoms with Gasteiger partial charge in [0.2, 0.25) is 5.95 Å². The van der Waals surface area contributed by atoms with Crippen molar-refractivity contribution < 1.29 is 19.4 Å². The number of carbonyl (C=O) groups is 1. The number of piperazine rings is 1. The number of anilines is 1. The number of nitrogens with zero attached hydrogens (tertiary/aromatic N) is 4. The summed E-state index contributed by atoms with van der Waals surface area (Å²) in [6.45, 7) is 7.30. The van der Waals surface area contributed by atoms with E-state index in [0.717, 1.165) is 67.3 Å². The van der Waals surface area contributed by atoms with Crippen molar-refractivity contribution in [2.75, 3.05) is 44.2 Å². The second-order valence-electron chi connectivity index (χ2n) is 10.1. The molecule has 3 atom stereocenters. The Morgan fingerprint density at radius 1 is 0.925 bits per heavy atom. The van der Waals surface area contributed by atoms with Crippen LogP contribution in [0.25, 0.3) is 0 Å². The quantitative estimate of drug-likeness (QED) is 0.375. The summed E-state index contributed by atoms with van der Waals surface area (Å²) in [4.78, 5) is 25.2. The van der Waals surface area contributed by atoms with E-state index in [1.54, 1.807) is 12.4 Å². The maximum Gasteiger partial charge on any atom is 0.315 e. The van der Waals surface area contributed by atoms with E-state index in [2.05, 4.69) is 30.4 Å². The van der Waals surface area contributed by atoms with Crippen LogP contribution in [0.15, 0.2) is 67.0 Å². The molecule has 0 saturated carbocycles. The Morgan fingerprint density at radius 3 is 2.27 bits per heavy atom. The molecule has 2 aromatic carbocycles. The number of urea groups is 1. The number of rotatable bonds is 9. The van der Waals surface area contributed by atoms with E-state index in [4.69, 9.17) is 9.47 Å². The molecular weight excluding hydrogens is 508 g/mol. The smallest absolute Gasteiger partial charge is 0.315 e. The Kier molecular flexibility index (Phi) is 9.56. The first-order valence-electron chi connectivity index (χ1n) is 14.0. The van der Waals surface area contributed by atoms with Crippen LogP contribution in [0.5, 0.6) is 0 Å². The molecule has 2 aliphatic rings. The van der Waals surface area contributed by atoms with Gasteiger partial charge in [0.25, 0.3) is 0 Å². The molecule has 2 fully saturated rings. The van der Waals surface area contributed by atoms with Gasteiger partial charge in [0.15, 0.2) is 6.29 Å². The lowest BCUT2D eigenvalue weighted by Gasteiger charge is -2.40. The third-order valence-electron chi connectivity index (χ3n) is 7.33. The van der Waals surface area contributed by atoms with Crippen molar-refractivity contribution in [3.8, 4) is 0 Å². The van der Waals surface area contributed by atoms with Crippen LogP contribution in [0.1, 0.15) is 48.0 Å². The van der Waals surface area contributed by atoms with Gasteiger partial charge in [0, 0.05) is 70.2 Å². The van der Waals surface area contributed by atoms with Crippen molar-refractivity contribution >= 4 is 12.0 Å². The first kappa shape index (κ1) is 28.0. The lowest BCUT2D eigenvalue weighted by Crippen LogP contribution is -2.50. The van der Waals surface area contributed by atoms with Crippen molar-refractivity contribution in [1.29, 1.82) is 0 Å². The molecule has 0 bridgehead atoms. The molecule has 2 saturated heterocycles. The highest BCUT2D eigenvalue weighted by atomic mass is 16.7. The molecule has 0 unspecified atom stereocenters. The topological polar surface area (TPSA) is 112 Å². The van der Waals surface area contributed by atoms with Gasteiger partial charge in [-0.05, 0) is 29.7 Å². The fraction of sp³-hybridized carbons (Fsp3) is 0.433. The van der Waals surface area contributed by atoms with Crippen molar-refractivity contribution in [2.45, 2.75) is 45.0 Å². The maximum atomic E-state index is 11.7. The number of nitrogens with one attached hydrogen (secondary N) is 2. The second-order valence-corrected chi connectivity index (χ2v) is 10.1. The molecule has 0 spiro atoms. The minimum Gasteiger partial charge on any atom is -0.392 e. The van der Waals surface area contributed by atoms with E-state index in [0.29, 0.717) is 13.1 Å². The zero-order valence-corrected chi connectivity index (χ0v) is 22.9. The van der Waals surface area contributed by atoms with Crippen LogP contribution < -0.4 is 15.5 Å². The van der Waals surface area contributed by atoms with Crippen LogP contribution in [0, 0.1) is 0 Å². The number of aromatic nitrogens is 2. The van der Waals surface area contributed by atoms with E-state index in [1.165, 1.54) is 0 Å². The summed E-state index contributed by atoms with van der Waals surface area (Å²) in [5.74, 6) is 0.778. The number of carbonyl (C=O) groups excluding carboxylic acids is 1. The highest BCUT2D eigenvalue weighted by Crippen LogP contribution is 2.38. The summed E-state index contributed by atoms with van der Waals surface area (Å²) in [5, 5.41) is 15.1. The largest absolute Gasteiger partial charge is 0.392 e. The first-order valence-corrected chi connectivity index (χ1v) is 14.0. The fourth-order valence-electron chi connectivity index (χ4n) is 5.10.